The molecule has 2 heterocycles. The number of amidine groups is 2. The number of nitrogens with zero attached hydrogens (tertiary/aromatic N) is 8. The van der Waals surface area contributed by atoms with Gasteiger partial charge in [0, 0.05) is 63.1 Å². The Hall–Kier alpha value is -12.3. The van der Waals surface area contributed by atoms with Gasteiger partial charge in [-0.2, -0.15) is 29.2 Å². The van der Waals surface area contributed by atoms with Crippen molar-refractivity contribution in [1.29, 1.82) is 0 Å². The summed E-state index contributed by atoms with van der Waals surface area (Å²) in [7, 11) is 4.56. The number of aliphatic imine (C=N–C) groups is 2. The number of rotatable bonds is 31. The van der Waals surface area contributed by atoms with Crippen LogP contribution < -0.4 is 49.9 Å². The van der Waals surface area contributed by atoms with E-state index < -0.39 is 42.7 Å². The zero-order valence-electron chi connectivity index (χ0n) is 62.2. The highest BCUT2D eigenvalue weighted by Gasteiger charge is 2.42. The molecule has 0 spiro atoms. The number of methoxy groups -OCH3 is 3. The van der Waals surface area contributed by atoms with Gasteiger partial charge < -0.3 is 34.1 Å². The maximum absolute atomic E-state index is 14.0. The number of amides is 3. The lowest BCUT2D eigenvalue weighted by molar-refractivity contribution is -0.123. The Kier molecular flexibility index (Phi) is 38.5. The zero-order chi connectivity index (χ0) is 82.7. The summed E-state index contributed by atoms with van der Waals surface area (Å²) in [6.07, 6.45) is 18.5. The lowest BCUT2D eigenvalue weighted by atomic mass is 10.0. The number of aryl methyl sites for hydroxylation is 1. The summed E-state index contributed by atoms with van der Waals surface area (Å²) in [6.45, 7) is 2.91. The van der Waals surface area contributed by atoms with E-state index in [1.807, 2.05) is 0 Å². The molecule has 4 N–H and O–H groups in total. The van der Waals surface area contributed by atoms with Gasteiger partial charge in [-0.15, -0.1) is 6.42 Å². The molecule has 0 radical (unpaired) electrons. The second-order valence-electron chi connectivity index (χ2n) is 23.5. The maximum Gasteiger partial charge on any atom is 0.312 e. The third-order valence-corrected chi connectivity index (χ3v) is 17.3. The van der Waals surface area contributed by atoms with Gasteiger partial charge in [0.25, 0.3) is 17.7 Å². The quantitative estimate of drug-likeness (QED) is 0.00600. The summed E-state index contributed by atoms with van der Waals surface area (Å²) in [4.78, 5) is 56.2. The molecule has 0 aliphatic carbocycles. The monoisotopic (exact) mass is 1670 g/mol. The number of ether oxygens (including phenoxy) is 5. The van der Waals surface area contributed by atoms with Crippen molar-refractivity contribution >= 4 is 139 Å². The van der Waals surface area contributed by atoms with Gasteiger partial charge in [0.2, 0.25) is 18.9 Å². The van der Waals surface area contributed by atoms with Gasteiger partial charge in [-0.1, -0.05) is 139 Å². The SMILES string of the molecule is C#CC#CC#CC#CC#CC#CC#CC#COOSc1ccc(N=C2NN(c3ccccc3OCF)C(=O)C2N=Nc2ccc(OC)cc2)cc1.CCCCCCCCCCCCC(Oc1ccc(O)c(C)c1)C(=O)Nc1ccc(Cl)c(N=C2NN(c3c(Cl)cc(Cl)cc3Cl)C(=O)C2N=Nc2ccc(OC)c(OC)c2)c1.FC(F)Cl. The Labute approximate surface area is 693 Å². The van der Waals surface area contributed by atoms with E-state index in [2.05, 4.69) is 149 Å². The third-order valence-electron chi connectivity index (χ3n) is 15.6. The van der Waals surface area contributed by atoms with Crippen LogP contribution in [0.4, 0.5) is 53.0 Å². The van der Waals surface area contributed by atoms with E-state index in [9.17, 15) is 32.7 Å². The molecule has 590 valence electrons. The third kappa shape index (κ3) is 30.0. The molecule has 2 aliphatic heterocycles. The fourth-order valence-corrected chi connectivity index (χ4v) is 11.7. The Morgan fingerprint density at radius 2 is 1.16 bits per heavy atom. The molecule has 22 nitrogen and oxygen atoms in total. The van der Waals surface area contributed by atoms with Crippen molar-refractivity contribution in [3.63, 3.8) is 0 Å². The molecule has 7 aromatic carbocycles. The van der Waals surface area contributed by atoms with E-state index in [1.54, 1.807) is 141 Å². The summed E-state index contributed by atoms with van der Waals surface area (Å²) < 4.78 is 65.5. The van der Waals surface area contributed by atoms with Crippen molar-refractivity contribution in [2.24, 2.45) is 30.4 Å². The Morgan fingerprint density at radius 1 is 0.609 bits per heavy atom. The lowest BCUT2D eigenvalue weighted by Crippen LogP contribution is -2.36. The molecule has 3 atom stereocenters. The summed E-state index contributed by atoms with van der Waals surface area (Å²) in [5, 5.41) is 33.2. The molecule has 0 saturated carbocycles. The van der Waals surface area contributed by atoms with Crippen LogP contribution in [0, 0.1) is 102 Å². The molecule has 2 aliphatic rings. The van der Waals surface area contributed by atoms with Crippen molar-refractivity contribution in [2.45, 2.75) is 113 Å². The standard InChI is InChI=1S/C44H50Cl4N6O6.C39H20FN5O5S.CHClF2/c1-5-6-7-8-9-10-11-12-13-14-15-38(60-31-18-20-36(55)27(2)22-31)43(56)49-29-16-19-32(46)35(25-29)50-42-40(52-51-30-17-21-37(58-3)39(26-30)59-4)44(57)54(53-42)41-33(47)23-28(45)24-34(41)48;1-3-4-5-6-7-8-9-10-11-12-13-14-15-18-29-49-50-51-34-27-23-31(24-28-34)41-38-37(43-42-32-21-25-33(47-2)26-22-32)39(46)45(44-38)35-19-16-17-20-36(35)48-30-40;2-1(3)4/h16-26,38,40,55H,5-15H2,1-4H3,(H,49,56)(H,50,53);1,16-17,19-28,37H,30H2,2H3,(H,41,44);1H. The van der Waals surface area contributed by atoms with Crippen LogP contribution in [0.5, 0.6) is 34.5 Å². The number of hydrogen-bond acceptors (Lipinski definition) is 18. The number of carbonyl (C=O) groups is 3. The number of terminal acetylenes is 1. The van der Waals surface area contributed by atoms with Gasteiger partial charge in [-0.3, -0.25) is 30.1 Å². The average Bonchev–Trinajstić information content (AvgIpc) is 1.64. The van der Waals surface area contributed by atoms with Crippen molar-refractivity contribution in [3.05, 3.63) is 165 Å². The molecule has 0 bridgehead atoms. The number of hydrazine groups is 2. The van der Waals surface area contributed by atoms with Crippen molar-refractivity contribution in [1.82, 2.24) is 10.9 Å². The topological polar surface area (TPSA) is 253 Å². The molecule has 7 aromatic rings. The van der Waals surface area contributed by atoms with Crippen LogP contribution in [0.25, 0.3) is 0 Å². The number of unbranched alkanes of at least 4 members (excludes halogenated alkanes) is 9. The van der Waals surface area contributed by atoms with Gasteiger partial charge in [0.05, 0.1) is 71.2 Å². The number of nitrogens with one attached hydrogen (secondary N) is 3. The van der Waals surface area contributed by atoms with Crippen LogP contribution in [0.1, 0.15) is 83.1 Å². The first-order chi connectivity index (χ1) is 55.8. The summed E-state index contributed by atoms with van der Waals surface area (Å²) in [5.74, 6) is 32.4. The van der Waals surface area contributed by atoms with E-state index in [0.29, 0.717) is 62.6 Å². The number of aromatic hydroxyl groups is 1. The van der Waals surface area contributed by atoms with Crippen LogP contribution in [0.2, 0.25) is 20.1 Å². The number of azo groups is 2. The van der Waals surface area contributed by atoms with Crippen LogP contribution in [0.3, 0.4) is 0 Å². The number of carbonyl (C=O) groups excluding carboxylic acids is 3. The number of anilines is 3. The number of benzene rings is 7. The van der Waals surface area contributed by atoms with Crippen molar-refractivity contribution in [3.8, 4) is 130 Å². The van der Waals surface area contributed by atoms with Gasteiger partial charge in [-0.05, 0) is 188 Å². The first kappa shape index (κ1) is 89.9. The highest BCUT2D eigenvalue weighted by Crippen LogP contribution is 2.40. The molecular formula is C84H71Cl5F3N11O11S. The number of alkyl halides is 4. The van der Waals surface area contributed by atoms with Crippen molar-refractivity contribution < 1.29 is 65.6 Å². The normalized spacial score (nSPS) is 13.8. The number of phenols is 1. The number of phenolic OH excluding ortho intramolecular Hbond substituents is 1. The van der Waals surface area contributed by atoms with E-state index in [1.165, 1.54) is 69.9 Å². The summed E-state index contributed by atoms with van der Waals surface area (Å²) in [5.41, 5.74) is 8.93. The second-order valence-corrected chi connectivity index (χ2v) is 26.3. The molecular weight excluding hydrogens is 1610 g/mol. The average molecular weight is 1680 g/mol. The molecule has 2 saturated heterocycles. The summed E-state index contributed by atoms with van der Waals surface area (Å²) >= 11 is 30.7. The van der Waals surface area contributed by atoms with Gasteiger partial charge in [-0.25, -0.2) is 24.4 Å². The fraction of sp³-hybridized carbons (Fsp3) is 0.250. The first-order valence-corrected chi connectivity index (χ1v) is 37.5. The largest absolute Gasteiger partial charge is 0.508 e. The Morgan fingerprint density at radius 3 is 1.76 bits per heavy atom. The van der Waals surface area contributed by atoms with Crippen LogP contribution in [-0.2, 0) is 23.6 Å². The van der Waals surface area contributed by atoms with E-state index in [0.717, 1.165) is 42.7 Å². The Bertz CT molecular complexity index is 5180. The van der Waals surface area contributed by atoms with Gasteiger partial charge in [0.15, 0.2) is 35.4 Å². The Balaban J connectivity index is 0.000000308. The number of halogens is 8. The minimum absolute atomic E-state index is 0.0431. The molecule has 3 amide bonds. The molecule has 2 fully saturated rings. The maximum atomic E-state index is 14.0. The second kappa shape index (κ2) is 49.3. The predicted octanol–water partition coefficient (Wildman–Crippen LogP) is 19.5. The van der Waals surface area contributed by atoms with Gasteiger partial charge in [0.1, 0.15) is 34.4 Å². The highest BCUT2D eigenvalue weighted by atomic mass is 35.5. The minimum Gasteiger partial charge on any atom is -0.508 e. The predicted molar refractivity (Wildman–Crippen MR) is 442 cm³/mol. The highest BCUT2D eigenvalue weighted by molar-refractivity contribution is 7.94. The first-order valence-electron chi connectivity index (χ1n) is 34.8. The number of hydrogen-bond donors (Lipinski definition) is 4. The van der Waals surface area contributed by atoms with Crippen LogP contribution in [-0.4, -0.2) is 86.8 Å². The number of para-hydroxylation sites is 2. The van der Waals surface area contributed by atoms with E-state index >= 15 is 0 Å². The lowest BCUT2D eigenvalue weighted by Gasteiger charge is -2.20. The van der Waals surface area contributed by atoms with E-state index in [4.69, 9.17) is 90.7 Å². The zero-order valence-corrected chi connectivity index (χ0v) is 66.8. The molecule has 3 unspecified atom stereocenters. The van der Waals surface area contributed by atoms with Crippen molar-refractivity contribution in [2.75, 3.05) is 43.5 Å². The molecule has 115 heavy (non-hydrogen) atoms. The molecule has 31 heteroatoms. The molecule has 9 rings (SSSR count). The minimum atomic E-state index is -2.69. The van der Waals surface area contributed by atoms with E-state index in [-0.39, 0.29) is 66.2 Å². The van der Waals surface area contributed by atoms with Gasteiger partial charge >= 0.3 is 5.88 Å². The summed E-state index contributed by atoms with van der Waals surface area (Å²) in [6, 6.07) is 35.2. The fourth-order valence-electron chi connectivity index (χ4n) is 10.2. The smallest absolute Gasteiger partial charge is 0.312 e. The van der Waals surface area contributed by atoms with Crippen LogP contribution >= 0.6 is 70.0 Å². The van der Waals surface area contributed by atoms with Crippen LogP contribution in [0.15, 0.2) is 175 Å². The molecule has 0 aromatic heterocycles.